The third kappa shape index (κ3) is 5.39. The number of hydrogen-bond donors (Lipinski definition) is 0. The molecule has 0 atom stereocenters. The molecule has 2 heterocycles. The zero-order valence-electron chi connectivity index (χ0n) is 17.7. The number of thiocarbonyl (C=S) groups is 2. The Bertz CT molecular complexity index is 1290. The summed E-state index contributed by atoms with van der Waals surface area (Å²) in [6, 6.07) is 16.4. The minimum absolute atomic E-state index is 0. The van der Waals surface area contributed by atoms with Crippen LogP contribution in [0.4, 0.5) is 0 Å². The molecule has 2 aliphatic carbocycles. The number of rotatable bonds is 2. The van der Waals surface area contributed by atoms with Crippen LogP contribution in [0.3, 0.4) is 0 Å². The van der Waals surface area contributed by atoms with E-state index in [1.165, 1.54) is 9.40 Å². The van der Waals surface area contributed by atoms with Gasteiger partial charge in [-0.25, -0.2) is 9.97 Å². The van der Waals surface area contributed by atoms with Gasteiger partial charge in [0.1, 0.15) is 10.0 Å². The molecule has 0 spiro atoms. The van der Waals surface area contributed by atoms with E-state index in [4.69, 9.17) is 24.4 Å². The monoisotopic (exact) mass is 550 g/mol. The molecule has 0 N–H and O–H groups in total. The van der Waals surface area contributed by atoms with Crippen LogP contribution >= 0.6 is 47.1 Å². The predicted molar refractivity (Wildman–Crippen MR) is 148 cm³/mol. The summed E-state index contributed by atoms with van der Waals surface area (Å²) in [5.41, 5.74) is 4.33. The van der Waals surface area contributed by atoms with E-state index in [1.54, 1.807) is 22.7 Å². The maximum absolute atomic E-state index is 5.36. The number of para-hydroxylation sites is 2. The van der Waals surface area contributed by atoms with Crippen molar-refractivity contribution in [2.75, 3.05) is 0 Å². The maximum atomic E-state index is 5.36. The van der Waals surface area contributed by atoms with Crippen LogP contribution in [-0.2, 0) is 19.5 Å². The Morgan fingerprint density at radius 3 is 1.45 bits per heavy atom. The number of fused-ring (bicyclic) bond motifs is 2. The average molecular weight is 552 g/mol. The zero-order valence-corrected chi connectivity index (χ0v) is 24.0. The summed E-state index contributed by atoms with van der Waals surface area (Å²) in [5.74, 6) is 0. The summed E-state index contributed by atoms with van der Waals surface area (Å²) in [6.45, 7) is 0. The molecule has 2 aromatic carbocycles. The number of aromatic nitrogens is 2. The molecule has 2 nitrogen and oxygen atoms in total. The van der Waals surface area contributed by atoms with Crippen LogP contribution in [0.15, 0.2) is 85.0 Å². The molecule has 0 bridgehead atoms. The van der Waals surface area contributed by atoms with Crippen molar-refractivity contribution < 1.29 is 19.5 Å². The Morgan fingerprint density at radius 2 is 1.06 bits per heavy atom. The van der Waals surface area contributed by atoms with Crippen molar-refractivity contribution >= 4 is 88.4 Å². The molecule has 0 saturated heterocycles. The Morgan fingerprint density at radius 1 is 0.636 bits per heavy atom. The van der Waals surface area contributed by atoms with Crippen LogP contribution in [-0.4, -0.2) is 19.7 Å². The van der Waals surface area contributed by atoms with Gasteiger partial charge in [0, 0.05) is 53.2 Å². The Balaban J connectivity index is 0.000000152. The Kier molecular flexibility index (Phi) is 8.00. The summed E-state index contributed by atoms with van der Waals surface area (Å²) >= 11 is 14.1. The van der Waals surface area contributed by atoms with Crippen LogP contribution < -0.4 is 0 Å². The molecule has 158 valence electrons. The first-order valence-corrected chi connectivity index (χ1v) is 12.7. The van der Waals surface area contributed by atoms with E-state index < -0.39 is 0 Å². The zero-order chi connectivity index (χ0) is 21.9. The van der Waals surface area contributed by atoms with Gasteiger partial charge in [0.15, 0.2) is 0 Å². The smallest absolute Gasteiger partial charge is 0.125 e. The molecule has 0 unspecified atom stereocenters. The van der Waals surface area contributed by atoms with Crippen LogP contribution in [0.25, 0.3) is 31.6 Å². The number of benzene rings is 2. The third-order valence-electron chi connectivity index (χ3n) is 5.05. The van der Waals surface area contributed by atoms with Crippen LogP contribution in [0, 0.1) is 0 Å². The van der Waals surface area contributed by atoms with Crippen molar-refractivity contribution in [3.63, 3.8) is 0 Å². The second kappa shape index (κ2) is 10.9. The largest absolute Gasteiger partial charge is 0.236 e. The van der Waals surface area contributed by atoms with E-state index in [0.29, 0.717) is 0 Å². The van der Waals surface area contributed by atoms with E-state index >= 15 is 0 Å². The SMILES string of the molecule is S=C1CC=CC=C1c1nc2ccccc2s1.S=C1CC=CC=C1c1nc2ccccc2s1.[Zn]. The fourth-order valence-electron chi connectivity index (χ4n) is 3.44. The van der Waals surface area contributed by atoms with Gasteiger partial charge in [-0.2, -0.15) is 0 Å². The first kappa shape index (κ1) is 24.1. The number of hydrogen-bond acceptors (Lipinski definition) is 6. The molecule has 6 rings (SSSR count). The average Bonchev–Trinajstić information content (AvgIpc) is 3.44. The molecule has 4 aromatic rings. The van der Waals surface area contributed by atoms with Crippen molar-refractivity contribution in [1.82, 2.24) is 9.97 Å². The first-order valence-electron chi connectivity index (χ1n) is 10.2. The number of nitrogens with zero attached hydrogens (tertiary/aromatic N) is 2. The molecular formula is C26H18N2S4Zn. The van der Waals surface area contributed by atoms with Crippen LogP contribution in [0.5, 0.6) is 0 Å². The molecule has 7 heteroatoms. The van der Waals surface area contributed by atoms with Gasteiger partial charge in [0.05, 0.1) is 20.4 Å². The van der Waals surface area contributed by atoms with Gasteiger partial charge >= 0.3 is 0 Å². The summed E-state index contributed by atoms with van der Waals surface area (Å²) in [4.78, 5) is 11.2. The van der Waals surface area contributed by atoms with Crippen molar-refractivity contribution in [2.45, 2.75) is 12.8 Å². The molecule has 0 fully saturated rings. The van der Waals surface area contributed by atoms with E-state index in [1.807, 2.05) is 36.4 Å². The molecule has 0 saturated carbocycles. The molecule has 33 heavy (non-hydrogen) atoms. The minimum atomic E-state index is 0. The van der Waals surface area contributed by atoms with Crippen molar-refractivity contribution in [3.05, 3.63) is 95.0 Å². The fraction of sp³-hybridized carbons (Fsp3) is 0.0769. The van der Waals surface area contributed by atoms with Crippen LogP contribution in [0.1, 0.15) is 22.9 Å². The Hall–Kier alpha value is -2.02. The van der Waals surface area contributed by atoms with Gasteiger partial charge in [-0.1, -0.05) is 85.2 Å². The summed E-state index contributed by atoms with van der Waals surface area (Å²) in [5, 5.41) is 2.08. The van der Waals surface area contributed by atoms with Gasteiger partial charge in [-0.05, 0) is 24.3 Å². The number of allylic oxidation sites excluding steroid dienone is 8. The molecule has 2 aromatic heterocycles. The first-order chi connectivity index (χ1) is 15.7. The van der Waals surface area contributed by atoms with E-state index in [9.17, 15) is 0 Å². The second-order valence-corrected chi connectivity index (χ2v) is 10.3. The Labute approximate surface area is 224 Å². The summed E-state index contributed by atoms with van der Waals surface area (Å²) < 4.78 is 2.44. The topological polar surface area (TPSA) is 25.8 Å². The van der Waals surface area contributed by atoms with E-state index in [-0.39, 0.29) is 19.5 Å². The molecule has 0 amide bonds. The third-order valence-corrected chi connectivity index (χ3v) is 7.97. The molecular weight excluding hydrogens is 534 g/mol. The quantitative estimate of drug-likeness (QED) is 0.186. The predicted octanol–water partition coefficient (Wildman–Crippen LogP) is 8.02. The fourth-order valence-corrected chi connectivity index (χ4v) is 6.13. The van der Waals surface area contributed by atoms with Gasteiger partial charge < -0.3 is 0 Å². The molecule has 2 aliphatic rings. The van der Waals surface area contributed by atoms with E-state index in [2.05, 4.69) is 58.6 Å². The van der Waals surface area contributed by atoms with Gasteiger partial charge in [0.25, 0.3) is 0 Å². The molecule has 0 aliphatic heterocycles. The number of thiazole rings is 2. The minimum Gasteiger partial charge on any atom is -0.236 e. The van der Waals surface area contributed by atoms with Gasteiger partial charge in [-0.15, -0.1) is 22.7 Å². The van der Waals surface area contributed by atoms with Gasteiger partial charge in [-0.3, -0.25) is 0 Å². The van der Waals surface area contributed by atoms with Crippen molar-refractivity contribution in [3.8, 4) is 0 Å². The van der Waals surface area contributed by atoms with Crippen molar-refractivity contribution in [1.29, 1.82) is 0 Å². The van der Waals surface area contributed by atoms with Crippen LogP contribution in [0.2, 0.25) is 0 Å². The second-order valence-electron chi connectivity index (χ2n) is 7.25. The summed E-state index contributed by atoms with van der Waals surface area (Å²) in [7, 11) is 0. The maximum Gasteiger partial charge on any atom is 0.125 e. The van der Waals surface area contributed by atoms with Gasteiger partial charge in [0.2, 0.25) is 0 Å². The normalized spacial score (nSPS) is 15.0. The van der Waals surface area contributed by atoms with E-state index in [0.717, 1.165) is 54.8 Å². The standard InChI is InChI=1S/2C13H9NS2.Zn/c2*15-11-7-3-1-5-9(11)13-14-10-6-2-4-8-12(10)16-13;/h2*1-6,8H,7H2;. The van der Waals surface area contributed by atoms with Crippen molar-refractivity contribution in [2.24, 2.45) is 0 Å². The summed E-state index contributed by atoms with van der Waals surface area (Å²) in [6.07, 6.45) is 14.1. The molecule has 0 radical (unpaired) electrons.